The van der Waals surface area contributed by atoms with Crippen LogP contribution in [0.4, 0.5) is 5.69 Å². The van der Waals surface area contributed by atoms with E-state index >= 15 is 0 Å². The van der Waals surface area contributed by atoms with E-state index in [9.17, 15) is 9.59 Å². The van der Waals surface area contributed by atoms with Gasteiger partial charge in [-0.3, -0.25) is 14.5 Å². The number of carbonyl (C=O) groups is 2. The first-order valence-electron chi connectivity index (χ1n) is 8.17. The standard InChI is InChI=1S/C17H20Cl3N3O2/c1-16(11-17(16,19)20)15(25)23-8-6-22(7-9-23)10-14(24)21-13-5-3-2-4-12(13)18/h2-5H,6-11H2,1H3,(H,21,24)/t16-/m1/s1. The topological polar surface area (TPSA) is 52.7 Å². The Morgan fingerprint density at radius 3 is 2.32 bits per heavy atom. The fourth-order valence-corrected chi connectivity index (χ4v) is 3.92. The molecule has 1 heterocycles. The van der Waals surface area contributed by atoms with Gasteiger partial charge in [-0.1, -0.05) is 23.7 Å². The van der Waals surface area contributed by atoms with E-state index in [0.717, 1.165) is 0 Å². The number of nitrogens with one attached hydrogen (secondary N) is 1. The predicted octanol–water partition coefficient (Wildman–Crippen LogP) is 3.01. The first-order valence-corrected chi connectivity index (χ1v) is 9.30. The predicted molar refractivity (Wildman–Crippen MR) is 100 cm³/mol. The summed E-state index contributed by atoms with van der Waals surface area (Å²) in [6.07, 6.45) is 0.488. The zero-order chi connectivity index (χ0) is 18.2. The summed E-state index contributed by atoms with van der Waals surface area (Å²) >= 11 is 18.2. The van der Waals surface area contributed by atoms with Gasteiger partial charge in [-0.15, -0.1) is 23.2 Å². The highest BCUT2D eigenvalue weighted by molar-refractivity contribution is 6.53. The molecule has 25 heavy (non-hydrogen) atoms. The summed E-state index contributed by atoms with van der Waals surface area (Å²) in [6, 6.07) is 7.12. The molecule has 1 saturated carbocycles. The Labute approximate surface area is 162 Å². The lowest BCUT2D eigenvalue weighted by atomic mass is 10.1. The van der Waals surface area contributed by atoms with Crippen LogP contribution in [-0.2, 0) is 9.59 Å². The molecule has 136 valence electrons. The van der Waals surface area contributed by atoms with Crippen molar-refractivity contribution in [1.82, 2.24) is 9.80 Å². The van der Waals surface area contributed by atoms with Gasteiger partial charge < -0.3 is 10.2 Å². The second-order valence-electron chi connectivity index (χ2n) is 6.81. The maximum absolute atomic E-state index is 12.5. The number of hydrogen-bond acceptors (Lipinski definition) is 3. The molecule has 1 aromatic carbocycles. The molecule has 1 N–H and O–H groups in total. The molecule has 2 amide bonds. The molecule has 1 saturated heterocycles. The van der Waals surface area contributed by atoms with Gasteiger partial charge in [0, 0.05) is 26.2 Å². The van der Waals surface area contributed by atoms with Crippen LogP contribution in [0.15, 0.2) is 24.3 Å². The van der Waals surface area contributed by atoms with Crippen LogP contribution in [0, 0.1) is 5.41 Å². The maximum Gasteiger partial charge on any atom is 0.238 e. The summed E-state index contributed by atoms with van der Waals surface area (Å²) in [7, 11) is 0. The van der Waals surface area contributed by atoms with Crippen LogP contribution in [0.2, 0.25) is 5.02 Å². The fraction of sp³-hybridized carbons (Fsp3) is 0.529. The molecule has 8 heteroatoms. The van der Waals surface area contributed by atoms with E-state index in [0.29, 0.717) is 43.3 Å². The number of nitrogens with zero attached hydrogens (tertiary/aromatic N) is 2. The average Bonchev–Trinajstić information content (AvgIpc) is 3.09. The Hall–Kier alpha value is -1.01. The van der Waals surface area contributed by atoms with Gasteiger partial charge in [0.25, 0.3) is 0 Å². The van der Waals surface area contributed by atoms with E-state index < -0.39 is 9.75 Å². The summed E-state index contributed by atoms with van der Waals surface area (Å²) in [5.41, 5.74) is -0.0788. The summed E-state index contributed by atoms with van der Waals surface area (Å²) in [5.74, 6) is -0.125. The largest absolute Gasteiger partial charge is 0.340 e. The van der Waals surface area contributed by atoms with Crippen molar-refractivity contribution in [3.63, 3.8) is 0 Å². The second kappa shape index (κ2) is 6.95. The number of anilines is 1. The Morgan fingerprint density at radius 2 is 1.76 bits per heavy atom. The molecule has 2 fully saturated rings. The third-order valence-electron chi connectivity index (χ3n) is 4.90. The van der Waals surface area contributed by atoms with E-state index in [4.69, 9.17) is 34.8 Å². The van der Waals surface area contributed by atoms with Crippen molar-refractivity contribution < 1.29 is 9.59 Å². The van der Waals surface area contributed by atoms with Gasteiger partial charge in [-0.05, 0) is 25.5 Å². The molecule has 1 aliphatic heterocycles. The summed E-state index contributed by atoms with van der Waals surface area (Å²) < 4.78 is -0.948. The lowest BCUT2D eigenvalue weighted by molar-refractivity contribution is -0.138. The number of halogens is 3. The zero-order valence-corrected chi connectivity index (χ0v) is 16.2. The Morgan fingerprint density at radius 1 is 1.16 bits per heavy atom. The van der Waals surface area contributed by atoms with Crippen LogP contribution < -0.4 is 5.32 Å². The van der Waals surface area contributed by atoms with Gasteiger partial charge in [0.2, 0.25) is 11.8 Å². The molecule has 3 rings (SSSR count). The van der Waals surface area contributed by atoms with Gasteiger partial charge in [-0.25, -0.2) is 0 Å². The van der Waals surface area contributed by atoms with E-state index in [-0.39, 0.29) is 18.4 Å². The molecular formula is C17H20Cl3N3O2. The van der Waals surface area contributed by atoms with Crippen LogP contribution in [-0.4, -0.2) is 58.7 Å². The summed E-state index contributed by atoms with van der Waals surface area (Å²) in [5, 5.41) is 3.32. The van der Waals surface area contributed by atoms with Gasteiger partial charge in [-0.2, -0.15) is 0 Å². The maximum atomic E-state index is 12.5. The number of hydrogen-bond donors (Lipinski definition) is 1. The van der Waals surface area contributed by atoms with Crippen molar-refractivity contribution in [2.24, 2.45) is 5.41 Å². The van der Waals surface area contributed by atoms with Gasteiger partial charge in [0.05, 0.1) is 22.7 Å². The lowest BCUT2D eigenvalue weighted by Gasteiger charge is -2.36. The van der Waals surface area contributed by atoms with E-state index in [1.807, 2.05) is 17.0 Å². The summed E-state index contributed by atoms with van der Waals surface area (Å²) in [4.78, 5) is 28.5. The third-order valence-corrected chi connectivity index (χ3v) is 6.34. The highest BCUT2D eigenvalue weighted by Gasteiger charge is 2.68. The molecule has 5 nitrogen and oxygen atoms in total. The van der Waals surface area contributed by atoms with Crippen LogP contribution in [0.25, 0.3) is 0 Å². The lowest BCUT2D eigenvalue weighted by Crippen LogP contribution is -2.52. The Balaban J connectivity index is 1.47. The molecule has 1 aromatic rings. The van der Waals surface area contributed by atoms with Crippen molar-refractivity contribution in [3.05, 3.63) is 29.3 Å². The molecule has 1 aliphatic carbocycles. The molecule has 2 aliphatic rings. The Bertz CT molecular complexity index is 689. The van der Waals surface area contributed by atoms with Crippen LogP contribution in [0.1, 0.15) is 13.3 Å². The van der Waals surface area contributed by atoms with Gasteiger partial charge in [0.1, 0.15) is 4.33 Å². The minimum atomic E-state index is -0.948. The fourth-order valence-electron chi connectivity index (χ4n) is 3.05. The minimum absolute atomic E-state index is 0.00216. The molecule has 0 spiro atoms. The number of rotatable bonds is 4. The molecule has 0 aromatic heterocycles. The number of para-hydroxylation sites is 1. The number of piperazine rings is 1. The third kappa shape index (κ3) is 3.90. The molecule has 0 unspecified atom stereocenters. The smallest absolute Gasteiger partial charge is 0.238 e. The number of benzene rings is 1. The van der Waals surface area contributed by atoms with Gasteiger partial charge in [0.15, 0.2) is 0 Å². The van der Waals surface area contributed by atoms with Crippen molar-refractivity contribution in [1.29, 1.82) is 0 Å². The van der Waals surface area contributed by atoms with Crippen molar-refractivity contribution >= 4 is 52.3 Å². The zero-order valence-electron chi connectivity index (χ0n) is 13.9. The Kier molecular flexibility index (Phi) is 5.22. The molecule has 0 bridgehead atoms. The average molecular weight is 405 g/mol. The number of amides is 2. The van der Waals surface area contributed by atoms with Crippen LogP contribution in [0.5, 0.6) is 0 Å². The van der Waals surface area contributed by atoms with Crippen molar-refractivity contribution in [2.45, 2.75) is 17.7 Å². The van der Waals surface area contributed by atoms with Crippen LogP contribution >= 0.6 is 34.8 Å². The van der Waals surface area contributed by atoms with E-state index in [2.05, 4.69) is 5.32 Å². The SMILES string of the molecule is C[C@]1(C(=O)N2CCN(CC(=O)Nc3ccccc3Cl)CC2)CC1(Cl)Cl. The minimum Gasteiger partial charge on any atom is -0.340 e. The summed E-state index contributed by atoms with van der Waals surface area (Å²) in [6.45, 7) is 4.47. The first-order chi connectivity index (χ1) is 11.7. The quantitative estimate of drug-likeness (QED) is 0.785. The number of alkyl halides is 2. The monoisotopic (exact) mass is 403 g/mol. The highest BCUT2D eigenvalue weighted by atomic mass is 35.5. The molecule has 0 radical (unpaired) electrons. The highest BCUT2D eigenvalue weighted by Crippen LogP contribution is 2.64. The van der Waals surface area contributed by atoms with Crippen molar-refractivity contribution in [3.8, 4) is 0 Å². The van der Waals surface area contributed by atoms with E-state index in [1.54, 1.807) is 24.0 Å². The number of carbonyl (C=O) groups excluding carboxylic acids is 2. The first kappa shape index (κ1) is 18.8. The van der Waals surface area contributed by atoms with Gasteiger partial charge >= 0.3 is 0 Å². The second-order valence-corrected chi connectivity index (χ2v) is 8.70. The normalized spacial score (nSPS) is 25.5. The molecular weight excluding hydrogens is 385 g/mol. The van der Waals surface area contributed by atoms with Crippen LogP contribution in [0.3, 0.4) is 0 Å². The van der Waals surface area contributed by atoms with Crippen molar-refractivity contribution in [2.75, 3.05) is 38.0 Å². The van der Waals surface area contributed by atoms with E-state index in [1.165, 1.54) is 0 Å². The molecule has 1 atom stereocenters.